The molecule has 0 aliphatic heterocycles. The number of amides is 2. The maximum absolute atomic E-state index is 12.2. The highest BCUT2D eigenvalue weighted by Gasteiger charge is 2.15. The van der Waals surface area contributed by atoms with Gasteiger partial charge in [-0.15, -0.1) is 0 Å². The highest BCUT2D eigenvalue weighted by Crippen LogP contribution is 2.17. The van der Waals surface area contributed by atoms with Gasteiger partial charge in [0.25, 0.3) is 0 Å². The van der Waals surface area contributed by atoms with Crippen LogP contribution < -0.4 is 10.6 Å². The third-order valence-electron chi connectivity index (χ3n) is 3.45. The van der Waals surface area contributed by atoms with Crippen molar-refractivity contribution in [1.82, 2.24) is 10.2 Å². The van der Waals surface area contributed by atoms with E-state index in [1.54, 1.807) is 4.90 Å². The van der Waals surface area contributed by atoms with E-state index in [0.717, 1.165) is 11.3 Å². The SMILES string of the molecule is CCN(CC(C)C#N)C(=O)Nc1cccc(C(C)NC)c1. The fourth-order valence-electron chi connectivity index (χ4n) is 1.98. The van der Waals surface area contributed by atoms with E-state index >= 15 is 0 Å². The molecule has 0 radical (unpaired) electrons. The molecule has 2 N–H and O–H groups in total. The Balaban J connectivity index is 2.75. The summed E-state index contributed by atoms with van der Waals surface area (Å²) in [5, 5.41) is 14.9. The molecule has 1 rings (SSSR count). The van der Waals surface area contributed by atoms with Gasteiger partial charge in [0.1, 0.15) is 0 Å². The van der Waals surface area contributed by atoms with Crippen LogP contribution in [0.2, 0.25) is 0 Å². The predicted molar refractivity (Wildman–Crippen MR) is 85.0 cm³/mol. The number of benzene rings is 1. The smallest absolute Gasteiger partial charge is 0.321 e. The first-order chi connectivity index (χ1) is 10.0. The first kappa shape index (κ1) is 17.0. The number of carbonyl (C=O) groups is 1. The van der Waals surface area contributed by atoms with Crippen molar-refractivity contribution in [2.75, 3.05) is 25.5 Å². The number of nitrogens with one attached hydrogen (secondary N) is 2. The minimum Gasteiger partial charge on any atom is -0.324 e. The Morgan fingerprint density at radius 2 is 2.14 bits per heavy atom. The normalized spacial score (nSPS) is 13.1. The molecule has 1 aromatic rings. The van der Waals surface area contributed by atoms with Crippen LogP contribution in [-0.4, -0.2) is 31.1 Å². The Morgan fingerprint density at radius 1 is 1.43 bits per heavy atom. The molecule has 2 atom stereocenters. The summed E-state index contributed by atoms with van der Waals surface area (Å²) in [6.07, 6.45) is 0. The van der Waals surface area contributed by atoms with Gasteiger partial charge in [-0.3, -0.25) is 0 Å². The summed E-state index contributed by atoms with van der Waals surface area (Å²) in [6, 6.07) is 9.97. The highest BCUT2D eigenvalue weighted by molar-refractivity contribution is 5.89. The molecule has 0 aliphatic rings. The molecule has 5 nitrogen and oxygen atoms in total. The molecule has 0 heterocycles. The summed E-state index contributed by atoms with van der Waals surface area (Å²) in [5.41, 5.74) is 1.88. The topological polar surface area (TPSA) is 68.2 Å². The number of carbonyl (C=O) groups excluding carboxylic acids is 1. The first-order valence-corrected chi connectivity index (χ1v) is 7.24. The van der Waals surface area contributed by atoms with Gasteiger partial charge in [0.15, 0.2) is 0 Å². The third-order valence-corrected chi connectivity index (χ3v) is 3.45. The minimum absolute atomic E-state index is 0.172. The van der Waals surface area contributed by atoms with Crippen LogP contribution in [0, 0.1) is 17.2 Å². The third kappa shape index (κ3) is 5.09. The Bertz CT molecular complexity index is 509. The van der Waals surface area contributed by atoms with Crippen molar-refractivity contribution in [3.05, 3.63) is 29.8 Å². The van der Waals surface area contributed by atoms with E-state index in [-0.39, 0.29) is 18.0 Å². The number of hydrogen-bond donors (Lipinski definition) is 2. The van der Waals surface area contributed by atoms with E-state index in [4.69, 9.17) is 5.26 Å². The fraction of sp³-hybridized carbons (Fsp3) is 0.500. The van der Waals surface area contributed by atoms with Crippen LogP contribution in [0.3, 0.4) is 0 Å². The number of anilines is 1. The quantitative estimate of drug-likeness (QED) is 0.845. The van der Waals surface area contributed by atoms with Crippen LogP contribution in [0.5, 0.6) is 0 Å². The number of rotatable bonds is 6. The molecule has 0 aromatic heterocycles. The van der Waals surface area contributed by atoms with Crippen LogP contribution >= 0.6 is 0 Å². The highest BCUT2D eigenvalue weighted by atomic mass is 16.2. The minimum atomic E-state index is -0.175. The van der Waals surface area contributed by atoms with Crippen molar-refractivity contribution in [1.29, 1.82) is 5.26 Å². The average Bonchev–Trinajstić information content (AvgIpc) is 2.51. The zero-order valence-electron chi connectivity index (χ0n) is 13.2. The van der Waals surface area contributed by atoms with Gasteiger partial charge in [0.05, 0.1) is 12.0 Å². The van der Waals surface area contributed by atoms with Gasteiger partial charge in [-0.05, 0) is 45.5 Å². The summed E-state index contributed by atoms with van der Waals surface area (Å²) < 4.78 is 0. The standard InChI is InChI=1S/C16H24N4O/c1-5-20(11-12(2)10-17)16(21)19-15-8-6-7-14(9-15)13(3)18-4/h6-9,12-13,18H,5,11H2,1-4H3,(H,19,21). The number of hydrogen-bond acceptors (Lipinski definition) is 3. The predicted octanol–water partition coefficient (Wildman–Crippen LogP) is 2.98. The molecule has 2 amide bonds. The van der Waals surface area contributed by atoms with E-state index in [2.05, 4.69) is 23.6 Å². The van der Waals surface area contributed by atoms with Gasteiger partial charge in [-0.25, -0.2) is 4.79 Å². The van der Waals surface area contributed by atoms with Gasteiger partial charge in [0, 0.05) is 24.8 Å². The first-order valence-electron chi connectivity index (χ1n) is 7.24. The van der Waals surface area contributed by atoms with Gasteiger partial charge in [-0.1, -0.05) is 12.1 Å². The molecule has 0 aliphatic carbocycles. The summed E-state index contributed by atoms with van der Waals surface area (Å²) in [5.74, 6) is -0.175. The molecule has 114 valence electrons. The van der Waals surface area contributed by atoms with Crippen LogP contribution in [0.25, 0.3) is 0 Å². The molecule has 0 bridgehead atoms. The zero-order chi connectivity index (χ0) is 15.8. The average molecular weight is 288 g/mol. The van der Waals surface area contributed by atoms with Crippen molar-refractivity contribution in [2.45, 2.75) is 26.8 Å². The maximum Gasteiger partial charge on any atom is 0.321 e. The fourth-order valence-corrected chi connectivity index (χ4v) is 1.98. The molecular formula is C16H24N4O. The van der Waals surface area contributed by atoms with Crippen molar-refractivity contribution in [3.63, 3.8) is 0 Å². The zero-order valence-corrected chi connectivity index (χ0v) is 13.2. The van der Waals surface area contributed by atoms with E-state index in [9.17, 15) is 4.79 Å². The monoisotopic (exact) mass is 288 g/mol. The molecule has 0 saturated heterocycles. The van der Waals surface area contributed by atoms with Crippen LogP contribution in [0.4, 0.5) is 10.5 Å². The van der Waals surface area contributed by atoms with Gasteiger partial charge >= 0.3 is 6.03 Å². The second-order valence-electron chi connectivity index (χ2n) is 5.13. The molecule has 2 unspecified atom stereocenters. The van der Waals surface area contributed by atoms with Crippen LogP contribution in [-0.2, 0) is 0 Å². The number of nitriles is 1. The van der Waals surface area contributed by atoms with Gasteiger partial charge in [-0.2, -0.15) is 5.26 Å². The lowest BCUT2D eigenvalue weighted by atomic mass is 10.1. The largest absolute Gasteiger partial charge is 0.324 e. The summed E-state index contributed by atoms with van der Waals surface area (Å²) in [4.78, 5) is 13.9. The van der Waals surface area contributed by atoms with Crippen LogP contribution in [0.1, 0.15) is 32.4 Å². The molecule has 0 saturated carbocycles. The summed E-state index contributed by atoms with van der Waals surface area (Å²) in [7, 11) is 1.90. The van der Waals surface area contributed by atoms with Crippen molar-refractivity contribution < 1.29 is 4.79 Å². The lowest BCUT2D eigenvalue weighted by Crippen LogP contribution is -2.37. The molecule has 1 aromatic carbocycles. The van der Waals surface area contributed by atoms with Crippen molar-refractivity contribution in [2.24, 2.45) is 5.92 Å². The lowest BCUT2D eigenvalue weighted by Gasteiger charge is -2.22. The summed E-state index contributed by atoms with van der Waals surface area (Å²) in [6.45, 7) is 6.79. The van der Waals surface area contributed by atoms with E-state index in [0.29, 0.717) is 13.1 Å². The number of urea groups is 1. The van der Waals surface area contributed by atoms with Crippen LogP contribution in [0.15, 0.2) is 24.3 Å². The molecule has 0 fully saturated rings. The molecule has 0 spiro atoms. The Kier molecular flexibility index (Phi) is 6.70. The van der Waals surface area contributed by atoms with Gasteiger partial charge < -0.3 is 15.5 Å². The van der Waals surface area contributed by atoms with Gasteiger partial charge in [0.2, 0.25) is 0 Å². The Hall–Kier alpha value is -2.06. The van der Waals surface area contributed by atoms with Crippen molar-refractivity contribution in [3.8, 4) is 6.07 Å². The Morgan fingerprint density at radius 3 is 2.71 bits per heavy atom. The second kappa shape index (κ2) is 8.28. The Labute approximate surface area is 126 Å². The van der Waals surface area contributed by atoms with Crippen molar-refractivity contribution >= 4 is 11.7 Å². The summed E-state index contributed by atoms with van der Waals surface area (Å²) >= 11 is 0. The molecule has 5 heteroatoms. The maximum atomic E-state index is 12.2. The van der Waals surface area contributed by atoms with E-state index in [1.807, 2.05) is 45.2 Å². The van der Waals surface area contributed by atoms with E-state index in [1.165, 1.54) is 0 Å². The lowest BCUT2D eigenvalue weighted by molar-refractivity contribution is 0.210. The second-order valence-corrected chi connectivity index (χ2v) is 5.13. The number of nitrogens with zero attached hydrogens (tertiary/aromatic N) is 2. The van der Waals surface area contributed by atoms with E-state index < -0.39 is 0 Å². The molecule has 21 heavy (non-hydrogen) atoms. The molecular weight excluding hydrogens is 264 g/mol.